The van der Waals surface area contributed by atoms with Crippen molar-refractivity contribution in [2.24, 2.45) is 11.0 Å². The molecule has 0 bridgehead atoms. The lowest BCUT2D eigenvalue weighted by molar-refractivity contribution is -0.116. The highest BCUT2D eigenvalue weighted by Crippen LogP contribution is 2.26. The molecule has 2 rings (SSSR count). The van der Waals surface area contributed by atoms with Crippen molar-refractivity contribution in [1.82, 2.24) is 5.43 Å². The van der Waals surface area contributed by atoms with E-state index in [1.165, 1.54) is 32.1 Å². The predicted octanol–water partition coefficient (Wildman–Crippen LogP) is 2.78. The molecule has 1 amide bonds. The summed E-state index contributed by atoms with van der Waals surface area (Å²) >= 11 is 0. The normalized spacial score (nSPS) is 24.7. The molecule has 88 valence electrons. The summed E-state index contributed by atoms with van der Waals surface area (Å²) in [5.41, 5.74) is 4.37. The van der Waals surface area contributed by atoms with Crippen LogP contribution < -0.4 is 5.43 Å². The van der Waals surface area contributed by atoms with Gasteiger partial charge in [0.2, 0.25) is 0 Å². The van der Waals surface area contributed by atoms with Gasteiger partial charge in [-0.2, -0.15) is 5.10 Å². The highest BCUT2D eigenvalue weighted by molar-refractivity contribution is 6.24. The summed E-state index contributed by atoms with van der Waals surface area (Å²) in [4.78, 5) is 11.6. The minimum absolute atomic E-state index is 0.00553. The average molecular weight is 220 g/mol. The van der Waals surface area contributed by atoms with Crippen LogP contribution in [0, 0.1) is 5.92 Å². The Morgan fingerprint density at radius 1 is 1.38 bits per heavy atom. The highest BCUT2D eigenvalue weighted by atomic mass is 16.2. The summed E-state index contributed by atoms with van der Waals surface area (Å²) in [5.74, 6) is 0.587. The lowest BCUT2D eigenvalue weighted by Gasteiger charge is -2.18. The molecule has 2 aliphatic rings. The molecule has 1 N–H and O–H groups in total. The maximum atomic E-state index is 11.6. The molecule has 1 aliphatic carbocycles. The minimum Gasteiger partial charge on any atom is -0.267 e. The van der Waals surface area contributed by atoms with Crippen LogP contribution in [0.5, 0.6) is 0 Å². The van der Waals surface area contributed by atoms with Crippen LogP contribution in [0.4, 0.5) is 0 Å². The van der Waals surface area contributed by atoms with Crippen LogP contribution in [-0.2, 0) is 4.79 Å². The molecule has 1 fully saturated rings. The fourth-order valence-corrected chi connectivity index (χ4v) is 2.51. The zero-order chi connectivity index (χ0) is 11.4. The van der Waals surface area contributed by atoms with Crippen LogP contribution in [0.25, 0.3) is 0 Å². The Bertz CT molecular complexity index is 325. The summed E-state index contributed by atoms with van der Waals surface area (Å²) in [6.45, 7) is 2.11. The molecule has 1 aliphatic heterocycles. The van der Waals surface area contributed by atoms with E-state index in [0.717, 1.165) is 24.1 Å². The number of hydrogen-bond acceptors (Lipinski definition) is 2. The quantitative estimate of drug-likeness (QED) is 0.730. The number of nitrogens with one attached hydrogen (secondary N) is 1. The van der Waals surface area contributed by atoms with Crippen molar-refractivity contribution >= 4 is 11.6 Å². The Hall–Kier alpha value is -1.12. The van der Waals surface area contributed by atoms with E-state index in [9.17, 15) is 4.79 Å². The molecule has 0 aromatic rings. The fourth-order valence-electron chi connectivity index (χ4n) is 2.51. The average Bonchev–Trinajstić information content (AvgIpc) is 2.64. The van der Waals surface area contributed by atoms with E-state index in [-0.39, 0.29) is 5.91 Å². The van der Waals surface area contributed by atoms with Crippen LogP contribution in [0.3, 0.4) is 0 Å². The number of hydrazone groups is 1. The van der Waals surface area contributed by atoms with Gasteiger partial charge in [-0.15, -0.1) is 0 Å². The Balaban J connectivity index is 2.07. The first kappa shape index (κ1) is 11.4. The van der Waals surface area contributed by atoms with Crippen LogP contribution in [0.1, 0.15) is 51.9 Å². The smallest absolute Gasteiger partial charge is 0.267 e. The van der Waals surface area contributed by atoms with Gasteiger partial charge >= 0.3 is 0 Å². The lowest BCUT2D eigenvalue weighted by Crippen LogP contribution is -2.15. The maximum absolute atomic E-state index is 11.6. The number of carbonyl (C=O) groups is 1. The van der Waals surface area contributed by atoms with E-state index >= 15 is 0 Å². The van der Waals surface area contributed by atoms with Gasteiger partial charge in [-0.3, -0.25) is 4.79 Å². The fraction of sp³-hybridized carbons (Fsp3) is 0.692. The Morgan fingerprint density at radius 2 is 2.12 bits per heavy atom. The number of nitrogens with zero attached hydrogens (tertiary/aromatic N) is 1. The minimum atomic E-state index is -0.00553. The first-order chi connectivity index (χ1) is 7.81. The van der Waals surface area contributed by atoms with Gasteiger partial charge < -0.3 is 0 Å². The second-order valence-corrected chi connectivity index (χ2v) is 4.73. The molecule has 0 aromatic heterocycles. The second-order valence-electron chi connectivity index (χ2n) is 4.73. The van der Waals surface area contributed by atoms with E-state index in [1.807, 2.05) is 0 Å². The second kappa shape index (κ2) is 5.28. The van der Waals surface area contributed by atoms with Crippen molar-refractivity contribution < 1.29 is 4.79 Å². The van der Waals surface area contributed by atoms with Gasteiger partial charge in [0.05, 0.1) is 11.3 Å². The van der Waals surface area contributed by atoms with Crippen LogP contribution in [0.2, 0.25) is 0 Å². The van der Waals surface area contributed by atoms with Gasteiger partial charge in [-0.1, -0.05) is 38.7 Å². The molecular weight excluding hydrogens is 200 g/mol. The predicted molar refractivity (Wildman–Crippen MR) is 65.1 cm³/mol. The standard InChI is InChI=1S/C13H20N2O/c1-2-6-12-11(13(16)15-14-12)9-10-7-4-3-5-8-10/h9-10H,2-8H2,1H3,(H,15,16). The maximum Gasteiger partial charge on any atom is 0.272 e. The van der Waals surface area contributed by atoms with Crippen molar-refractivity contribution in [3.63, 3.8) is 0 Å². The van der Waals surface area contributed by atoms with E-state index in [4.69, 9.17) is 0 Å². The van der Waals surface area contributed by atoms with Crippen molar-refractivity contribution in [3.05, 3.63) is 11.6 Å². The van der Waals surface area contributed by atoms with E-state index in [2.05, 4.69) is 23.5 Å². The molecule has 1 saturated carbocycles. The zero-order valence-corrected chi connectivity index (χ0v) is 9.96. The monoisotopic (exact) mass is 220 g/mol. The summed E-state index contributed by atoms with van der Waals surface area (Å²) < 4.78 is 0. The van der Waals surface area contributed by atoms with Crippen LogP contribution >= 0.6 is 0 Å². The first-order valence-electron chi connectivity index (χ1n) is 6.40. The number of hydrogen-bond donors (Lipinski definition) is 1. The van der Waals surface area contributed by atoms with E-state index in [0.29, 0.717) is 5.92 Å². The van der Waals surface area contributed by atoms with Gasteiger partial charge in [0, 0.05) is 0 Å². The lowest BCUT2D eigenvalue weighted by atomic mass is 9.87. The molecule has 16 heavy (non-hydrogen) atoms. The molecule has 0 saturated heterocycles. The van der Waals surface area contributed by atoms with E-state index < -0.39 is 0 Å². The van der Waals surface area contributed by atoms with Crippen molar-refractivity contribution in [1.29, 1.82) is 0 Å². The van der Waals surface area contributed by atoms with Crippen LogP contribution in [0.15, 0.2) is 16.8 Å². The molecule has 0 aromatic carbocycles. The third-order valence-corrected chi connectivity index (χ3v) is 3.39. The van der Waals surface area contributed by atoms with Gasteiger partial charge in [0.1, 0.15) is 0 Å². The van der Waals surface area contributed by atoms with Gasteiger partial charge in [-0.05, 0) is 25.2 Å². The molecule has 0 spiro atoms. The van der Waals surface area contributed by atoms with Gasteiger partial charge in [-0.25, -0.2) is 5.43 Å². The number of amides is 1. The van der Waals surface area contributed by atoms with Gasteiger partial charge in [0.15, 0.2) is 0 Å². The van der Waals surface area contributed by atoms with Crippen molar-refractivity contribution in [2.75, 3.05) is 0 Å². The Morgan fingerprint density at radius 3 is 2.81 bits per heavy atom. The van der Waals surface area contributed by atoms with E-state index in [1.54, 1.807) is 0 Å². The largest absolute Gasteiger partial charge is 0.272 e. The molecule has 3 nitrogen and oxygen atoms in total. The summed E-state index contributed by atoms with van der Waals surface area (Å²) in [6.07, 6.45) is 10.5. The zero-order valence-electron chi connectivity index (χ0n) is 9.96. The molecule has 1 heterocycles. The molecule has 0 unspecified atom stereocenters. The molecule has 0 atom stereocenters. The topological polar surface area (TPSA) is 41.5 Å². The summed E-state index contributed by atoms with van der Waals surface area (Å²) in [5, 5.41) is 4.10. The van der Waals surface area contributed by atoms with Crippen LogP contribution in [-0.4, -0.2) is 11.6 Å². The Labute approximate surface area is 97.0 Å². The third kappa shape index (κ3) is 2.52. The summed E-state index contributed by atoms with van der Waals surface area (Å²) in [7, 11) is 0. The molecule has 0 radical (unpaired) electrons. The Kier molecular flexibility index (Phi) is 3.75. The summed E-state index contributed by atoms with van der Waals surface area (Å²) in [6, 6.07) is 0. The molecular formula is C13H20N2O. The number of rotatable bonds is 3. The third-order valence-electron chi connectivity index (χ3n) is 3.39. The number of carbonyl (C=O) groups excluding carboxylic acids is 1. The first-order valence-corrected chi connectivity index (χ1v) is 6.40. The van der Waals surface area contributed by atoms with Crippen molar-refractivity contribution in [2.45, 2.75) is 51.9 Å². The van der Waals surface area contributed by atoms with Gasteiger partial charge in [0.25, 0.3) is 5.91 Å². The highest BCUT2D eigenvalue weighted by Gasteiger charge is 2.23. The number of allylic oxidation sites excluding steroid dienone is 1. The molecule has 3 heteroatoms. The SMILES string of the molecule is CCCC1=NNC(=O)C1=CC1CCCCC1. The van der Waals surface area contributed by atoms with Crippen molar-refractivity contribution in [3.8, 4) is 0 Å².